The second-order valence-corrected chi connectivity index (χ2v) is 5.10. The molecule has 2 aromatic rings. The molecule has 0 amide bonds. The van der Waals surface area contributed by atoms with E-state index in [1.54, 1.807) is 0 Å². The predicted molar refractivity (Wildman–Crippen MR) is 72.4 cm³/mol. The van der Waals surface area contributed by atoms with Crippen molar-refractivity contribution in [3.63, 3.8) is 0 Å². The molecule has 18 heavy (non-hydrogen) atoms. The quantitative estimate of drug-likeness (QED) is 0.832. The van der Waals surface area contributed by atoms with Gasteiger partial charge in [-0.25, -0.2) is 9.97 Å². The van der Waals surface area contributed by atoms with E-state index in [9.17, 15) is 0 Å². The number of rotatable bonds is 3. The molecular weight excluding hydrogens is 224 g/mol. The number of aromatic nitrogens is 3. The zero-order valence-corrected chi connectivity index (χ0v) is 11.1. The van der Waals surface area contributed by atoms with E-state index in [-0.39, 0.29) is 0 Å². The Bertz CT molecular complexity index is 546. The largest absolute Gasteiger partial charge is 0.296 e. The van der Waals surface area contributed by atoms with Gasteiger partial charge in [-0.15, -0.1) is 0 Å². The molecule has 3 heterocycles. The fourth-order valence-corrected chi connectivity index (χ4v) is 2.91. The summed E-state index contributed by atoms with van der Waals surface area (Å²) >= 11 is 0. The van der Waals surface area contributed by atoms with Crippen LogP contribution < -0.4 is 0 Å². The first-order chi connectivity index (χ1) is 8.81. The lowest BCUT2D eigenvalue weighted by Gasteiger charge is -2.23. The summed E-state index contributed by atoms with van der Waals surface area (Å²) in [6.07, 6.45) is 6.92. The zero-order valence-electron chi connectivity index (χ0n) is 11.1. The Balaban J connectivity index is 2.14. The van der Waals surface area contributed by atoms with Gasteiger partial charge >= 0.3 is 0 Å². The third-order valence-electron chi connectivity index (χ3n) is 3.78. The maximum Gasteiger partial charge on any atom is 0.161 e. The molecule has 3 rings (SSSR count). The van der Waals surface area contributed by atoms with Crippen LogP contribution in [0.3, 0.4) is 0 Å². The summed E-state index contributed by atoms with van der Waals surface area (Å²) in [5.41, 5.74) is 2.07. The highest BCUT2D eigenvalue weighted by molar-refractivity contribution is 5.71. The Morgan fingerprint density at radius 2 is 2.33 bits per heavy atom. The molecule has 0 bridgehead atoms. The van der Waals surface area contributed by atoms with E-state index >= 15 is 0 Å². The van der Waals surface area contributed by atoms with E-state index in [4.69, 9.17) is 4.98 Å². The number of hydrogen-bond acceptors (Lipinski definition) is 3. The van der Waals surface area contributed by atoms with Crippen LogP contribution in [0.1, 0.15) is 38.2 Å². The molecule has 4 heteroatoms. The van der Waals surface area contributed by atoms with Crippen molar-refractivity contribution < 1.29 is 0 Å². The molecule has 1 fully saturated rings. The number of nitrogens with zero attached hydrogens (tertiary/aromatic N) is 4. The van der Waals surface area contributed by atoms with Crippen LogP contribution in [0.15, 0.2) is 18.3 Å². The first-order valence-corrected chi connectivity index (χ1v) is 6.83. The smallest absolute Gasteiger partial charge is 0.161 e. The van der Waals surface area contributed by atoms with Gasteiger partial charge in [0.1, 0.15) is 11.3 Å². The lowest BCUT2D eigenvalue weighted by atomic mass is 10.3. The molecule has 4 nitrogen and oxygen atoms in total. The summed E-state index contributed by atoms with van der Waals surface area (Å²) < 4.78 is 2.35. The van der Waals surface area contributed by atoms with Crippen molar-refractivity contribution in [1.29, 1.82) is 0 Å². The Kier molecular flexibility index (Phi) is 3.04. The fraction of sp³-hybridized carbons (Fsp3) is 0.571. The van der Waals surface area contributed by atoms with Crippen LogP contribution in [0, 0.1) is 0 Å². The third-order valence-corrected chi connectivity index (χ3v) is 3.78. The number of likely N-dealkylation sites (tertiary alicyclic amines) is 1. The van der Waals surface area contributed by atoms with Gasteiger partial charge in [0.05, 0.1) is 6.17 Å². The average Bonchev–Trinajstić information content (AvgIpc) is 2.93. The highest BCUT2D eigenvalue weighted by Gasteiger charge is 2.26. The normalized spacial score (nSPS) is 20.9. The van der Waals surface area contributed by atoms with E-state index in [1.165, 1.54) is 25.2 Å². The van der Waals surface area contributed by atoms with Crippen LogP contribution in [-0.4, -0.2) is 33.0 Å². The second kappa shape index (κ2) is 4.69. The minimum Gasteiger partial charge on any atom is -0.296 e. The maximum absolute atomic E-state index is 4.76. The predicted octanol–water partition coefficient (Wildman–Crippen LogP) is 2.61. The van der Waals surface area contributed by atoms with Gasteiger partial charge in [-0.1, -0.05) is 6.92 Å². The number of imidazole rings is 1. The SMILES string of the molecule is CCCc1nc2cccnc2n1C1CCCN1C. The molecule has 0 aromatic carbocycles. The van der Waals surface area contributed by atoms with Gasteiger partial charge < -0.3 is 0 Å². The number of pyridine rings is 1. The van der Waals surface area contributed by atoms with Crippen LogP contribution in [0.5, 0.6) is 0 Å². The Morgan fingerprint density at radius 1 is 1.44 bits per heavy atom. The summed E-state index contributed by atoms with van der Waals surface area (Å²) in [6, 6.07) is 4.03. The summed E-state index contributed by atoms with van der Waals surface area (Å²) in [5, 5.41) is 0. The van der Waals surface area contributed by atoms with Crippen molar-refractivity contribution >= 4 is 11.2 Å². The minimum absolute atomic E-state index is 0.437. The van der Waals surface area contributed by atoms with Gasteiger partial charge in [0.2, 0.25) is 0 Å². The Morgan fingerprint density at radius 3 is 3.06 bits per heavy atom. The lowest BCUT2D eigenvalue weighted by Crippen LogP contribution is -2.24. The van der Waals surface area contributed by atoms with Crippen molar-refractivity contribution in [1.82, 2.24) is 19.4 Å². The molecule has 0 spiro atoms. The van der Waals surface area contributed by atoms with Crippen molar-refractivity contribution in [3.05, 3.63) is 24.2 Å². The van der Waals surface area contributed by atoms with E-state index in [1.807, 2.05) is 12.3 Å². The summed E-state index contributed by atoms with van der Waals surface area (Å²) in [6.45, 7) is 3.37. The van der Waals surface area contributed by atoms with Gasteiger partial charge in [-0.2, -0.15) is 0 Å². The van der Waals surface area contributed by atoms with Crippen LogP contribution in [-0.2, 0) is 6.42 Å². The van der Waals surface area contributed by atoms with Crippen molar-refractivity contribution in [2.75, 3.05) is 13.6 Å². The molecule has 1 saturated heterocycles. The Hall–Kier alpha value is -1.42. The molecule has 0 aliphatic carbocycles. The Labute approximate surface area is 108 Å². The molecule has 1 aliphatic heterocycles. The number of aryl methyl sites for hydroxylation is 1. The number of hydrogen-bond donors (Lipinski definition) is 0. The van der Waals surface area contributed by atoms with Crippen molar-refractivity contribution in [2.45, 2.75) is 38.8 Å². The molecule has 2 aromatic heterocycles. The van der Waals surface area contributed by atoms with Crippen LogP contribution in [0.25, 0.3) is 11.2 Å². The first kappa shape index (κ1) is 11.7. The maximum atomic E-state index is 4.76. The molecule has 0 saturated carbocycles. The highest BCUT2D eigenvalue weighted by atomic mass is 15.3. The lowest BCUT2D eigenvalue weighted by molar-refractivity contribution is 0.237. The van der Waals surface area contributed by atoms with E-state index in [0.717, 1.165) is 24.0 Å². The topological polar surface area (TPSA) is 34.0 Å². The second-order valence-electron chi connectivity index (χ2n) is 5.10. The van der Waals surface area contributed by atoms with Crippen LogP contribution in [0.4, 0.5) is 0 Å². The van der Waals surface area contributed by atoms with Gasteiger partial charge in [0, 0.05) is 12.6 Å². The summed E-state index contributed by atoms with van der Waals surface area (Å²) in [7, 11) is 2.20. The summed E-state index contributed by atoms with van der Waals surface area (Å²) in [4.78, 5) is 11.7. The van der Waals surface area contributed by atoms with Crippen LogP contribution in [0.2, 0.25) is 0 Å². The molecule has 96 valence electrons. The van der Waals surface area contributed by atoms with Gasteiger partial charge in [-0.05, 0) is 45.0 Å². The van der Waals surface area contributed by atoms with E-state index in [0.29, 0.717) is 6.17 Å². The standard InChI is InChI=1S/C14H20N4/c1-3-6-12-16-11-7-4-9-15-14(11)18(12)13-8-5-10-17(13)2/h4,7,9,13H,3,5-6,8,10H2,1-2H3. The molecular formula is C14H20N4. The fourth-order valence-electron chi connectivity index (χ4n) is 2.91. The summed E-state index contributed by atoms with van der Waals surface area (Å²) in [5.74, 6) is 1.19. The number of fused-ring (bicyclic) bond motifs is 1. The molecule has 1 atom stereocenters. The third kappa shape index (κ3) is 1.81. The molecule has 0 N–H and O–H groups in total. The monoisotopic (exact) mass is 244 g/mol. The van der Waals surface area contributed by atoms with Gasteiger partial charge in [-0.3, -0.25) is 9.47 Å². The van der Waals surface area contributed by atoms with Crippen molar-refractivity contribution in [2.24, 2.45) is 0 Å². The van der Waals surface area contributed by atoms with Crippen molar-refractivity contribution in [3.8, 4) is 0 Å². The van der Waals surface area contributed by atoms with E-state index in [2.05, 4.69) is 34.5 Å². The minimum atomic E-state index is 0.437. The van der Waals surface area contributed by atoms with Gasteiger partial charge in [0.25, 0.3) is 0 Å². The van der Waals surface area contributed by atoms with Gasteiger partial charge in [0.15, 0.2) is 5.65 Å². The molecule has 0 radical (unpaired) electrons. The zero-order chi connectivity index (χ0) is 12.5. The highest BCUT2D eigenvalue weighted by Crippen LogP contribution is 2.30. The van der Waals surface area contributed by atoms with Crippen LogP contribution >= 0.6 is 0 Å². The van der Waals surface area contributed by atoms with E-state index < -0.39 is 0 Å². The molecule has 1 aliphatic rings. The molecule has 1 unspecified atom stereocenters. The first-order valence-electron chi connectivity index (χ1n) is 6.83. The average molecular weight is 244 g/mol.